The fraction of sp³-hybridized carbons (Fsp3) is 0.438. The molecule has 1 aromatic carbocycles. The number of aromatic amines is 1. The number of nitrogens with two attached hydrogens (primary N) is 1. The van der Waals surface area contributed by atoms with Gasteiger partial charge in [0.2, 0.25) is 5.91 Å². The zero-order valence-corrected chi connectivity index (χ0v) is 12.6. The third-order valence-corrected chi connectivity index (χ3v) is 4.68. The van der Waals surface area contributed by atoms with Crippen LogP contribution in [0.2, 0.25) is 5.02 Å². The van der Waals surface area contributed by atoms with Gasteiger partial charge in [0.15, 0.2) is 0 Å². The van der Waals surface area contributed by atoms with E-state index in [-0.39, 0.29) is 11.8 Å². The summed E-state index contributed by atoms with van der Waals surface area (Å²) in [6.45, 7) is 0.827. The average molecular weight is 306 g/mol. The van der Waals surface area contributed by atoms with Gasteiger partial charge in [-0.15, -0.1) is 0 Å². The molecule has 2 aromatic rings. The highest BCUT2D eigenvalue weighted by atomic mass is 35.5. The van der Waals surface area contributed by atoms with Crippen molar-refractivity contribution in [2.45, 2.75) is 38.3 Å². The molecule has 112 valence electrons. The number of hydrogen-bond acceptors (Lipinski definition) is 2. The van der Waals surface area contributed by atoms with Crippen LogP contribution in [-0.2, 0) is 11.3 Å². The predicted molar refractivity (Wildman–Crippen MR) is 85.1 cm³/mol. The number of fused-ring (bicyclic) bond motifs is 1. The second-order valence-corrected chi connectivity index (χ2v) is 6.27. The minimum atomic E-state index is -0.151. The Morgan fingerprint density at radius 3 is 2.81 bits per heavy atom. The van der Waals surface area contributed by atoms with Crippen LogP contribution in [0.3, 0.4) is 0 Å². The maximum Gasteiger partial charge on any atom is 0.220 e. The first kappa shape index (κ1) is 14.4. The van der Waals surface area contributed by atoms with E-state index in [2.05, 4.69) is 16.4 Å². The van der Waals surface area contributed by atoms with Gasteiger partial charge in [-0.2, -0.15) is 0 Å². The molecule has 1 amide bonds. The summed E-state index contributed by atoms with van der Waals surface area (Å²) in [4.78, 5) is 14.4. The van der Waals surface area contributed by atoms with Crippen molar-refractivity contribution >= 4 is 28.4 Å². The molecule has 0 saturated heterocycles. The van der Waals surface area contributed by atoms with Gasteiger partial charge in [-0.25, -0.2) is 0 Å². The third-order valence-electron chi connectivity index (χ3n) is 4.44. The molecule has 0 bridgehead atoms. The molecule has 4 N–H and O–H groups in total. The number of halogens is 1. The number of amides is 1. The summed E-state index contributed by atoms with van der Waals surface area (Å²) in [5, 5.41) is 5.54. The Morgan fingerprint density at radius 1 is 1.33 bits per heavy atom. The van der Waals surface area contributed by atoms with Crippen LogP contribution in [0.15, 0.2) is 24.4 Å². The Labute approximate surface area is 129 Å². The molecule has 0 radical (unpaired) electrons. The van der Waals surface area contributed by atoms with Gasteiger partial charge in [-0.1, -0.05) is 17.7 Å². The molecule has 5 heteroatoms. The number of carbonyl (C=O) groups excluding carboxylic acids is 1. The smallest absolute Gasteiger partial charge is 0.220 e. The SMILES string of the molecule is NC(=O)C1CCC(NCc2c[nH]c3cc(Cl)ccc23)CC1. The van der Waals surface area contributed by atoms with Crippen molar-refractivity contribution in [3.05, 3.63) is 35.0 Å². The lowest BCUT2D eigenvalue weighted by Gasteiger charge is -2.27. The van der Waals surface area contributed by atoms with Crippen molar-refractivity contribution in [3.8, 4) is 0 Å². The first-order chi connectivity index (χ1) is 10.1. The van der Waals surface area contributed by atoms with Crippen molar-refractivity contribution in [1.29, 1.82) is 0 Å². The van der Waals surface area contributed by atoms with Gasteiger partial charge < -0.3 is 16.0 Å². The molecule has 0 aliphatic heterocycles. The summed E-state index contributed by atoms with van der Waals surface area (Å²) in [6, 6.07) is 6.38. The quantitative estimate of drug-likeness (QED) is 0.812. The highest BCUT2D eigenvalue weighted by Crippen LogP contribution is 2.25. The number of nitrogens with one attached hydrogen (secondary N) is 2. The van der Waals surface area contributed by atoms with E-state index in [1.165, 1.54) is 10.9 Å². The lowest BCUT2D eigenvalue weighted by Crippen LogP contribution is -2.36. The molecule has 1 aromatic heterocycles. The van der Waals surface area contributed by atoms with Crippen LogP contribution in [0.1, 0.15) is 31.2 Å². The van der Waals surface area contributed by atoms with Crippen molar-refractivity contribution in [2.24, 2.45) is 11.7 Å². The highest BCUT2D eigenvalue weighted by molar-refractivity contribution is 6.31. The Balaban J connectivity index is 1.59. The van der Waals surface area contributed by atoms with E-state index in [9.17, 15) is 4.79 Å². The van der Waals surface area contributed by atoms with E-state index in [4.69, 9.17) is 17.3 Å². The number of rotatable bonds is 4. The minimum Gasteiger partial charge on any atom is -0.369 e. The van der Waals surface area contributed by atoms with Crippen LogP contribution < -0.4 is 11.1 Å². The summed E-state index contributed by atoms with van der Waals surface area (Å²) in [5.74, 6) is -0.0831. The lowest BCUT2D eigenvalue weighted by atomic mass is 9.85. The molecule has 1 aliphatic carbocycles. The van der Waals surface area contributed by atoms with Gasteiger partial charge in [0.1, 0.15) is 0 Å². The maximum absolute atomic E-state index is 11.2. The van der Waals surface area contributed by atoms with Crippen LogP contribution in [-0.4, -0.2) is 16.9 Å². The van der Waals surface area contributed by atoms with E-state index >= 15 is 0 Å². The summed E-state index contributed by atoms with van der Waals surface area (Å²) < 4.78 is 0. The Bertz CT molecular complexity index is 644. The number of benzene rings is 1. The number of aromatic nitrogens is 1. The van der Waals surface area contributed by atoms with Gasteiger partial charge in [0.05, 0.1) is 0 Å². The van der Waals surface area contributed by atoms with E-state index in [0.717, 1.165) is 42.8 Å². The van der Waals surface area contributed by atoms with E-state index in [1.54, 1.807) is 0 Å². The summed E-state index contributed by atoms with van der Waals surface area (Å²) >= 11 is 5.99. The predicted octanol–water partition coefficient (Wildman–Crippen LogP) is 2.96. The first-order valence-corrected chi connectivity index (χ1v) is 7.79. The topological polar surface area (TPSA) is 70.9 Å². The normalized spacial score (nSPS) is 22.5. The van der Waals surface area contributed by atoms with E-state index in [1.807, 2.05) is 18.3 Å². The fourth-order valence-electron chi connectivity index (χ4n) is 3.14. The molecule has 3 rings (SSSR count). The Kier molecular flexibility index (Phi) is 4.17. The molecule has 1 saturated carbocycles. The maximum atomic E-state index is 11.2. The molecule has 1 aliphatic rings. The average Bonchev–Trinajstić information content (AvgIpc) is 2.87. The zero-order chi connectivity index (χ0) is 14.8. The summed E-state index contributed by atoms with van der Waals surface area (Å²) in [5.41, 5.74) is 7.68. The van der Waals surface area contributed by atoms with Crippen molar-refractivity contribution in [3.63, 3.8) is 0 Å². The van der Waals surface area contributed by atoms with Gasteiger partial charge in [0.25, 0.3) is 0 Å². The Hall–Kier alpha value is -1.52. The van der Waals surface area contributed by atoms with Gasteiger partial charge in [0, 0.05) is 40.6 Å². The minimum absolute atomic E-state index is 0.0679. The van der Waals surface area contributed by atoms with E-state index in [0.29, 0.717) is 6.04 Å². The summed E-state index contributed by atoms with van der Waals surface area (Å²) in [7, 11) is 0. The molecule has 0 spiro atoms. The highest BCUT2D eigenvalue weighted by Gasteiger charge is 2.24. The van der Waals surface area contributed by atoms with Crippen LogP contribution in [0, 0.1) is 5.92 Å². The van der Waals surface area contributed by atoms with Gasteiger partial charge in [-0.05, 0) is 43.4 Å². The van der Waals surface area contributed by atoms with Gasteiger partial charge in [-0.3, -0.25) is 4.79 Å². The third kappa shape index (κ3) is 3.22. The number of carbonyl (C=O) groups is 1. The monoisotopic (exact) mass is 305 g/mol. The van der Waals surface area contributed by atoms with E-state index < -0.39 is 0 Å². The largest absolute Gasteiger partial charge is 0.369 e. The molecular weight excluding hydrogens is 286 g/mol. The van der Waals surface area contributed by atoms with Crippen LogP contribution in [0.4, 0.5) is 0 Å². The molecule has 0 unspecified atom stereocenters. The zero-order valence-electron chi connectivity index (χ0n) is 11.9. The number of primary amides is 1. The second kappa shape index (κ2) is 6.08. The lowest BCUT2D eigenvalue weighted by molar-refractivity contribution is -0.122. The fourth-order valence-corrected chi connectivity index (χ4v) is 3.31. The van der Waals surface area contributed by atoms with Crippen LogP contribution >= 0.6 is 11.6 Å². The van der Waals surface area contributed by atoms with Crippen molar-refractivity contribution < 1.29 is 4.79 Å². The molecule has 4 nitrogen and oxygen atoms in total. The number of hydrogen-bond donors (Lipinski definition) is 3. The Morgan fingerprint density at radius 2 is 2.10 bits per heavy atom. The van der Waals surface area contributed by atoms with Crippen molar-refractivity contribution in [1.82, 2.24) is 10.3 Å². The van der Waals surface area contributed by atoms with Gasteiger partial charge >= 0.3 is 0 Å². The summed E-state index contributed by atoms with van der Waals surface area (Å²) in [6.07, 6.45) is 5.86. The van der Waals surface area contributed by atoms with Crippen molar-refractivity contribution in [2.75, 3.05) is 0 Å². The standard InChI is InChI=1S/C16H20ClN3O/c17-12-3-6-14-11(9-20-15(14)7-12)8-19-13-4-1-10(2-5-13)16(18)21/h3,6-7,9-10,13,19-20H,1-2,4-5,8H2,(H2,18,21). The molecule has 21 heavy (non-hydrogen) atoms. The van der Waals surface area contributed by atoms with Crippen LogP contribution in [0.25, 0.3) is 10.9 Å². The molecule has 1 heterocycles. The second-order valence-electron chi connectivity index (χ2n) is 5.84. The van der Waals surface area contributed by atoms with Crippen LogP contribution in [0.5, 0.6) is 0 Å². The number of H-pyrrole nitrogens is 1. The first-order valence-electron chi connectivity index (χ1n) is 7.41. The molecule has 0 atom stereocenters. The molecular formula is C16H20ClN3O. The molecule has 1 fully saturated rings.